The average molecular weight is 440 g/mol. The lowest BCUT2D eigenvalue weighted by molar-refractivity contribution is -0.150. The second-order valence-electron chi connectivity index (χ2n) is 7.35. The molecule has 2 aromatic rings. The molecule has 0 fully saturated rings. The van der Waals surface area contributed by atoms with E-state index >= 15 is 0 Å². The molecular formula is C24H28N2O6. The van der Waals surface area contributed by atoms with Gasteiger partial charge in [0.1, 0.15) is 26.5 Å². The van der Waals surface area contributed by atoms with E-state index in [0.717, 1.165) is 35.1 Å². The molecule has 0 saturated heterocycles. The Morgan fingerprint density at radius 3 is 2.22 bits per heavy atom. The molecule has 3 rings (SSSR count). The summed E-state index contributed by atoms with van der Waals surface area (Å²) >= 11 is 0. The number of carbonyl (C=O) groups is 3. The van der Waals surface area contributed by atoms with E-state index in [9.17, 15) is 14.4 Å². The predicted octanol–water partition coefficient (Wildman–Crippen LogP) is 2.96. The molecule has 2 aromatic carbocycles. The van der Waals surface area contributed by atoms with Crippen LogP contribution in [0.1, 0.15) is 36.8 Å². The van der Waals surface area contributed by atoms with E-state index < -0.39 is 18.0 Å². The molecule has 0 aliphatic heterocycles. The molecule has 0 spiro atoms. The Bertz CT molecular complexity index is 900. The summed E-state index contributed by atoms with van der Waals surface area (Å²) < 4.78 is 15.3. The topological polar surface area (TPSA) is 103 Å². The number of nitrogens with one attached hydrogen (secondary N) is 2. The third-order valence-corrected chi connectivity index (χ3v) is 5.09. The Labute approximate surface area is 187 Å². The molecule has 0 saturated carbocycles. The summed E-state index contributed by atoms with van der Waals surface area (Å²) in [5, 5.41) is 4.86. The maximum Gasteiger partial charge on any atom is 0.407 e. The molecule has 0 radical (unpaired) electrons. The van der Waals surface area contributed by atoms with Gasteiger partial charge in [-0.2, -0.15) is 0 Å². The Balaban J connectivity index is 1.35. The van der Waals surface area contributed by atoms with Crippen molar-refractivity contribution in [2.45, 2.75) is 25.7 Å². The zero-order valence-corrected chi connectivity index (χ0v) is 18.1. The van der Waals surface area contributed by atoms with Crippen molar-refractivity contribution in [1.82, 2.24) is 10.6 Å². The first-order chi connectivity index (χ1) is 15.6. The van der Waals surface area contributed by atoms with E-state index in [-0.39, 0.29) is 32.4 Å². The van der Waals surface area contributed by atoms with Gasteiger partial charge < -0.3 is 24.8 Å². The summed E-state index contributed by atoms with van der Waals surface area (Å²) in [7, 11) is 0. The predicted molar refractivity (Wildman–Crippen MR) is 118 cm³/mol. The number of hydrogen-bond donors (Lipinski definition) is 2. The minimum absolute atomic E-state index is 0.0486. The van der Waals surface area contributed by atoms with Crippen LogP contribution in [0.5, 0.6) is 0 Å². The number of unbranched alkanes of at least 4 members (excludes halogenated alkanes) is 1. The van der Waals surface area contributed by atoms with Gasteiger partial charge in [0.15, 0.2) is 0 Å². The number of alkyl carbamates (subject to hydrolysis) is 1. The van der Waals surface area contributed by atoms with Crippen molar-refractivity contribution in [3.8, 4) is 11.1 Å². The van der Waals surface area contributed by atoms with Crippen LogP contribution in [-0.4, -0.2) is 51.1 Å². The fourth-order valence-corrected chi connectivity index (χ4v) is 3.50. The van der Waals surface area contributed by atoms with Crippen molar-refractivity contribution in [2.75, 3.05) is 33.1 Å². The van der Waals surface area contributed by atoms with Crippen LogP contribution >= 0.6 is 0 Å². The SMILES string of the molecule is CCCCOC(=O)COCNC(=O)CNC(=O)OCC1c2ccccc2-c2ccccc21. The number of ether oxygens (including phenoxy) is 3. The Kier molecular flexibility index (Phi) is 8.62. The van der Waals surface area contributed by atoms with Crippen molar-refractivity contribution in [3.63, 3.8) is 0 Å². The highest BCUT2D eigenvalue weighted by atomic mass is 16.6. The lowest BCUT2D eigenvalue weighted by atomic mass is 9.98. The molecule has 2 N–H and O–H groups in total. The van der Waals surface area contributed by atoms with Crippen LogP contribution in [0.4, 0.5) is 4.79 Å². The third-order valence-electron chi connectivity index (χ3n) is 5.09. The fourth-order valence-electron chi connectivity index (χ4n) is 3.50. The average Bonchev–Trinajstić information content (AvgIpc) is 3.13. The van der Waals surface area contributed by atoms with Gasteiger partial charge in [0.25, 0.3) is 0 Å². The lowest BCUT2D eigenvalue weighted by Gasteiger charge is -2.14. The highest BCUT2D eigenvalue weighted by Gasteiger charge is 2.28. The molecule has 32 heavy (non-hydrogen) atoms. The highest BCUT2D eigenvalue weighted by Crippen LogP contribution is 2.44. The first kappa shape index (κ1) is 23.3. The summed E-state index contributed by atoms with van der Waals surface area (Å²) in [6.45, 7) is 1.86. The van der Waals surface area contributed by atoms with Crippen molar-refractivity contribution in [3.05, 3.63) is 59.7 Å². The minimum atomic E-state index is -0.678. The van der Waals surface area contributed by atoms with Gasteiger partial charge in [-0.1, -0.05) is 61.9 Å². The summed E-state index contributed by atoms with van der Waals surface area (Å²) in [5.41, 5.74) is 4.52. The summed E-state index contributed by atoms with van der Waals surface area (Å²) in [6.07, 6.45) is 1.05. The monoisotopic (exact) mass is 440 g/mol. The maximum atomic E-state index is 12.1. The van der Waals surface area contributed by atoms with Gasteiger partial charge in [-0.3, -0.25) is 4.79 Å². The van der Waals surface area contributed by atoms with Crippen molar-refractivity contribution in [1.29, 1.82) is 0 Å². The van der Waals surface area contributed by atoms with Gasteiger partial charge in [-0.25, -0.2) is 9.59 Å². The molecule has 170 valence electrons. The van der Waals surface area contributed by atoms with E-state index in [1.807, 2.05) is 43.3 Å². The smallest absolute Gasteiger partial charge is 0.407 e. The number of esters is 1. The van der Waals surface area contributed by atoms with E-state index in [0.29, 0.717) is 6.61 Å². The Hall–Kier alpha value is -3.39. The molecule has 8 heteroatoms. The fraction of sp³-hybridized carbons (Fsp3) is 0.375. The lowest BCUT2D eigenvalue weighted by Crippen LogP contribution is -2.38. The summed E-state index contributed by atoms with van der Waals surface area (Å²) in [6, 6.07) is 16.1. The van der Waals surface area contributed by atoms with Gasteiger partial charge in [0.2, 0.25) is 5.91 Å². The van der Waals surface area contributed by atoms with Crippen LogP contribution in [-0.2, 0) is 23.8 Å². The molecule has 1 aliphatic rings. The van der Waals surface area contributed by atoms with E-state index in [1.165, 1.54) is 0 Å². The first-order valence-corrected chi connectivity index (χ1v) is 10.7. The van der Waals surface area contributed by atoms with Gasteiger partial charge in [0.05, 0.1) is 6.61 Å². The number of carbonyl (C=O) groups excluding carboxylic acids is 3. The van der Waals surface area contributed by atoms with Crippen LogP contribution < -0.4 is 10.6 Å². The number of fused-ring (bicyclic) bond motifs is 3. The summed E-state index contributed by atoms with van der Waals surface area (Å²) in [5.74, 6) is -0.991. The molecule has 0 atom stereocenters. The second kappa shape index (κ2) is 11.9. The Morgan fingerprint density at radius 1 is 0.906 bits per heavy atom. The normalized spacial score (nSPS) is 11.9. The van der Waals surface area contributed by atoms with Crippen LogP contribution in [0.2, 0.25) is 0 Å². The zero-order chi connectivity index (χ0) is 22.8. The van der Waals surface area contributed by atoms with Gasteiger partial charge >= 0.3 is 12.1 Å². The van der Waals surface area contributed by atoms with Crippen LogP contribution in [0.25, 0.3) is 11.1 Å². The highest BCUT2D eigenvalue weighted by molar-refractivity contribution is 5.82. The third kappa shape index (κ3) is 6.31. The standard InChI is InChI=1S/C24H28N2O6/c1-2-3-12-31-23(28)15-30-16-26-22(27)13-25-24(29)32-14-21-19-10-6-4-8-17(19)18-9-5-7-11-20(18)21/h4-11,21H,2-3,12-16H2,1H3,(H,25,29)(H,26,27). The van der Waals surface area contributed by atoms with Crippen LogP contribution in [0, 0.1) is 0 Å². The van der Waals surface area contributed by atoms with E-state index in [2.05, 4.69) is 22.8 Å². The van der Waals surface area contributed by atoms with Crippen molar-refractivity contribution >= 4 is 18.0 Å². The van der Waals surface area contributed by atoms with Crippen molar-refractivity contribution < 1.29 is 28.6 Å². The van der Waals surface area contributed by atoms with E-state index in [1.54, 1.807) is 0 Å². The van der Waals surface area contributed by atoms with Gasteiger partial charge in [0, 0.05) is 5.92 Å². The number of rotatable bonds is 11. The molecule has 0 unspecified atom stereocenters. The second-order valence-corrected chi connectivity index (χ2v) is 7.35. The number of hydrogen-bond acceptors (Lipinski definition) is 6. The van der Waals surface area contributed by atoms with Gasteiger partial charge in [-0.05, 0) is 28.7 Å². The molecule has 1 aliphatic carbocycles. The van der Waals surface area contributed by atoms with Crippen LogP contribution in [0.3, 0.4) is 0 Å². The van der Waals surface area contributed by atoms with Crippen LogP contribution in [0.15, 0.2) is 48.5 Å². The van der Waals surface area contributed by atoms with Crippen molar-refractivity contribution in [2.24, 2.45) is 0 Å². The largest absolute Gasteiger partial charge is 0.464 e. The Morgan fingerprint density at radius 2 is 1.56 bits per heavy atom. The number of benzene rings is 2. The maximum absolute atomic E-state index is 12.1. The minimum Gasteiger partial charge on any atom is -0.464 e. The zero-order valence-electron chi connectivity index (χ0n) is 18.1. The first-order valence-electron chi connectivity index (χ1n) is 10.7. The quantitative estimate of drug-likeness (QED) is 0.316. The molecule has 2 amide bonds. The molecule has 0 bridgehead atoms. The molecule has 0 heterocycles. The molecular weight excluding hydrogens is 412 g/mol. The summed E-state index contributed by atoms with van der Waals surface area (Å²) in [4.78, 5) is 35.3. The molecule has 0 aromatic heterocycles. The van der Waals surface area contributed by atoms with Gasteiger partial charge in [-0.15, -0.1) is 0 Å². The van der Waals surface area contributed by atoms with E-state index in [4.69, 9.17) is 14.2 Å². The molecule has 8 nitrogen and oxygen atoms in total. The number of amides is 2.